The lowest BCUT2D eigenvalue weighted by Crippen LogP contribution is -2.41. The third-order valence-corrected chi connectivity index (χ3v) is 1.71. The van der Waals surface area contributed by atoms with E-state index in [1.807, 2.05) is 20.8 Å². The molecule has 0 fully saturated rings. The third kappa shape index (κ3) is 11.6. The molecule has 0 aliphatic heterocycles. The van der Waals surface area contributed by atoms with Crippen molar-refractivity contribution in [3.8, 4) is 0 Å². The Bertz CT molecular complexity index is 174. The van der Waals surface area contributed by atoms with E-state index in [0.29, 0.717) is 6.54 Å². The summed E-state index contributed by atoms with van der Waals surface area (Å²) in [5.41, 5.74) is -0.0400. The van der Waals surface area contributed by atoms with Crippen molar-refractivity contribution < 1.29 is 17.9 Å². The molecule has 1 atom stereocenters. The zero-order chi connectivity index (χ0) is 12.1. The molecule has 0 bridgehead atoms. The standard InChI is InChI=1S/C10H20F3NO/c1-8(7-14-9(2,3)4)15-6-5-10(11,12)13/h8,14H,5-7H2,1-4H3. The highest BCUT2D eigenvalue weighted by molar-refractivity contribution is 4.71. The summed E-state index contributed by atoms with van der Waals surface area (Å²) in [7, 11) is 0. The molecule has 15 heavy (non-hydrogen) atoms. The van der Waals surface area contributed by atoms with Gasteiger partial charge in [-0.2, -0.15) is 13.2 Å². The molecule has 0 rings (SSSR count). The Kier molecular flexibility index (Phi) is 5.59. The first kappa shape index (κ1) is 14.7. The number of hydrogen-bond donors (Lipinski definition) is 1. The van der Waals surface area contributed by atoms with Crippen LogP contribution in [0.2, 0.25) is 0 Å². The van der Waals surface area contributed by atoms with Crippen LogP contribution >= 0.6 is 0 Å². The monoisotopic (exact) mass is 227 g/mol. The van der Waals surface area contributed by atoms with Crippen molar-refractivity contribution in [2.24, 2.45) is 0 Å². The quantitative estimate of drug-likeness (QED) is 0.779. The van der Waals surface area contributed by atoms with E-state index in [1.54, 1.807) is 6.92 Å². The molecule has 1 N–H and O–H groups in total. The van der Waals surface area contributed by atoms with Crippen molar-refractivity contribution in [3.63, 3.8) is 0 Å². The SMILES string of the molecule is CC(CNC(C)(C)C)OCCC(F)(F)F. The Morgan fingerprint density at radius 1 is 1.20 bits per heavy atom. The van der Waals surface area contributed by atoms with Crippen LogP contribution in [0.25, 0.3) is 0 Å². The predicted molar refractivity (Wildman–Crippen MR) is 53.8 cm³/mol. The minimum atomic E-state index is -4.13. The minimum Gasteiger partial charge on any atom is -0.377 e. The van der Waals surface area contributed by atoms with Crippen LogP contribution in [0.1, 0.15) is 34.1 Å². The van der Waals surface area contributed by atoms with Gasteiger partial charge < -0.3 is 10.1 Å². The van der Waals surface area contributed by atoms with Gasteiger partial charge in [0, 0.05) is 12.1 Å². The Morgan fingerprint density at radius 3 is 2.13 bits per heavy atom. The molecule has 92 valence electrons. The van der Waals surface area contributed by atoms with E-state index in [0.717, 1.165) is 0 Å². The fraction of sp³-hybridized carbons (Fsp3) is 1.00. The van der Waals surface area contributed by atoms with Crippen LogP contribution in [0.15, 0.2) is 0 Å². The van der Waals surface area contributed by atoms with Crippen molar-refractivity contribution in [3.05, 3.63) is 0 Å². The first-order valence-corrected chi connectivity index (χ1v) is 5.03. The maximum Gasteiger partial charge on any atom is 0.391 e. The molecule has 5 heteroatoms. The zero-order valence-corrected chi connectivity index (χ0v) is 9.74. The van der Waals surface area contributed by atoms with Gasteiger partial charge in [-0.3, -0.25) is 0 Å². The van der Waals surface area contributed by atoms with E-state index in [1.165, 1.54) is 0 Å². The summed E-state index contributed by atoms with van der Waals surface area (Å²) in [4.78, 5) is 0. The lowest BCUT2D eigenvalue weighted by Gasteiger charge is -2.23. The van der Waals surface area contributed by atoms with Gasteiger partial charge in [0.1, 0.15) is 0 Å². The van der Waals surface area contributed by atoms with Crippen molar-refractivity contribution in [2.45, 2.75) is 51.9 Å². The zero-order valence-electron chi connectivity index (χ0n) is 9.74. The highest BCUT2D eigenvalue weighted by Crippen LogP contribution is 2.19. The average Bonchev–Trinajstić information content (AvgIpc) is 1.97. The number of rotatable bonds is 5. The highest BCUT2D eigenvalue weighted by Gasteiger charge is 2.26. The molecule has 0 heterocycles. The average molecular weight is 227 g/mol. The van der Waals surface area contributed by atoms with Gasteiger partial charge in [0.2, 0.25) is 0 Å². The molecular weight excluding hydrogens is 207 g/mol. The van der Waals surface area contributed by atoms with Gasteiger partial charge in [-0.05, 0) is 27.7 Å². The van der Waals surface area contributed by atoms with Crippen molar-refractivity contribution in [2.75, 3.05) is 13.2 Å². The first-order valence-electron chi connectivity index (χ1n) is 5.03. The second kappa shape index (κ2) is 5.70. The summed E-state index contributed by atoms with van der Waals surface area (Å²) in [5.74, 6) is 0. The van der Waals surface area contributed by atoms with E-state index < -0.39 is 12.6 Å². The fourth-order valence-corrected chi connectivity index (χ4v) is 0.885. The minimum absolute atomic E-state index is 0.0400. The largest absolute Gasteiger partial charge is 0.391 e. The van der Waals surface area contributed by atoms with Crippen LogP contribution in [-0.2, 0) is 4.74 Å². The lowest BCUT2D eigenvalue weighted by molar-refractivity contribution is -0.148. The van der Waals surface area contributed by atoms with Crippen molar-refractivity contribution in [1.29, 1.82) is 0 Å². The van der Waals surface area contributed by atoms with Crippen LogP contribution in [0.5, 0.6) is 0 Å². The van der Waals surface area contributed by atoms with Crippen LogP contribution in [-0.4, -0.2) is 31.0 Å². The number of hydrogen-bond acceptors (Lipinski definition) is 2. The Morgan fingerprint density at radius 2 is 1.73 bits per heavy atom. The molecule has 0 spiro atoms. The smallest absolute Gasteiger partial charge is 0.377 e. The van der Waals surface area contributed by atoms with Gasteiger partial charge in [-0.1, -0.05) is 0 Å². The Labute approximate surface area is 89.2 Å². The number of ether oxygens (including phenoxy) is 1. The second-order valence-corrected chi connectivity index (χ2v) is 4.68. The predicted octanol–water partition coefficient (Wildman–Crippen LogP) is 2.73. The summed E-state index contributed by atoms with van der Waals surface area (Å²) in [6, 6.07) is 0. The number of nitrogens with one attached hydrogen (secondary N) is 1. The first-order chi connectivity index (χ1) is 6.60. The molecule has 2 nitrogen and oxygen atoms in total. The molecule has 0 aliphatic carbocycles. The van der Waals surface area contributed by atoms with Crippen LogP contribution in [0, 0.1) is 0 Å². The molecule has 0 amide bonds. The Balaban J connectivity index is 3.54. The van der Waals surface area contributed by atoms with Gasteiger partial charge in [-0.25, -0.2) is 0 Å². The fourth-order valence-electron chi connectivity index (χ4n) is 0.885. The van der Waals surface area contributed by atoms with Gasteiger partial charge in [0.15, 0.2) is 0 Å². The molecule has 0 saturated heterocycles. The van der Waals surface area contributed by atoms with E-state index in [2.05, 4.69) is 5.32 Å². The van der Waals surface area contributed by atoms with Gasteiger partial charge in [0.05, 0.1) is 19.1 Å². The molecule has 0 aromatic heterocycles. The molecule has 0 aromatic carbocycles. The summed E-state index contributed by atoms with van der Waals surface area (Å²) >= 11 is 0. The van der Waals surface area contributed by atoms with Crippen LogP contribution in [0.3, 0.4) is 0 Å². The van der Waals surface area contributed by atoms with E-state index in [-0.39, 0.29) is 18.2 Å². The van der Waals surface area contributed by atoms with Crippen LogP contribution in [0.4, 0.5) is 13.2 Å². The maximum atomic E-state index is 11.8. The van der Waals surface area contributed by atoms with E-state index in [9.17, 15) is 13.2 Å². The van der Waals surface area contributed by atoms with Crippen LogP contribution < -0.4 is 5.32 Å². The number of alkyl halides is 3. The molecular formula is C10H20F3NO. The summed E-state index contributed by atoms with van der Waals surface area (Å²) in [6.45, 7) is 8.03. The summed E-state index contributed by atoms with van der Waals surface area (Å²) in [6.07, 6.45) is -5.21. The molecule has 1 unspecified atom stereocenters. The molecule has 0 aromatic rings. The highest BCUT2D eigenvalue weighted by atomic mass is 19.4. The van der Waals surface area contributed by atoms with E-state index >= 15 is 0 Å². The molecule has 0 saturated carbocycles. The van der Waals surface area contributed by atoms with Crippen molar-refractivity contribution >= 4 is 0 Å². The van der Waals surface area contributed by atoms with Crippen molar-refractivity contribution in [1.82, 2.24) is 5.32 Å². The van der Waals surface area contributed by atoms with Gasteiger partial charge in [0.25, 0.3) is 0 Å². The topological polar surface area (TPSA) is 21.3 Å². The summed E-state index contributed by atoms with van der Waals surface area (Å²) < 4.78 is 40.4. The normalized spacial score (nSPS) is 15.4. The lowest BCUT2D eigenvalue weighted by atomic mass is 10.1. The number of halogens is 3. The van der Waals surface area contributed by atoms with E-state index in [4.69, 9.17) is 4.74 Å². The Hall–Kier alpha value is -0.290. The van der Waals surface area contributed by atoms with Gasteiger partial charge >= 0.3 is 6.18 Å². The maximum absolute atomic E-state index is 11.8. The molecule has 0 aliphatic rings. The molecule has 0 radical (unpaired) electrons. The third-order valence-electron chi connectivity index (χ3n) is 1.71. The summed E-state index contributed by atoms with van der Waals surface area (Å²) in [5, 5.41) is 3.16. The van der Waals surface area contributed by atoms with Gasteiger partial charge in [-0.15, -0.1) is 0 Å². The second-order valence-electron chi connectivity index (χ2n) is 4.68.